The second-order valence-corrected chi connectivity index (χ2v) is 6.82. The molecule has 6 heteroatoms. The van der Waals surface area contributed by atoms with Gasteiger partial charge in [-0.05, 0) is 12.5 Å². The maximum absolute atomic E-state index is 12.4. The molecule has 5 nitrogen and oxygen atoms in total. The highest BCUT2D eigenvalue weighted by molar-refractivity contribution is 7.86. The Balaban J connectivity index is 2.06. The van der Waals surface area contributed by atoms with Gasteiger partial charge in [0.15, 0.2) is 0 Å². The van der Waals surface area contributed by atoms with Crippen LogP contribution in [0.4, 0.5) is 0 Å². The quantitative estimate of drug-likeness (QED) is 0.831. The number of morpholine rings is 1. The number of hydrogen-bond donors (Lipinski definition) is 0. The van der Waals surface area contributed by atoms with Crippen LogP contribution in [0, 0.1) is 0 Å². The molecule has 1 atom stereocenters. The average Bonchev–Trinajstić information content (AvgIpc) is 2.40. The third-order valence-corrected chi connectivity index (χ3v) is 5.07. The van der Waals surface area contributed by atoms with Crippen molar-refractivity contribution in [3.05, 3.63) is 35.9 Å². The molecule has 0 bridgehead atoms. The zero-order valence-electron chi connectivity index (χ0n) is 11.3. The lowest BCUT2D eigenvalue weighted by Crippen LogP contribution is -2.49. The Kier molecular flexibility index (Phi) is 4.57. The molecular weight excluding hydrogens is 264 g/mol. The molecule has 106 valence electrons. The van der Waals surface area contributed by atoms with Crippen LogP contribution < -0.4 is 0 Å². The molecule has 1 saturated heterocycles. The fraction of sp³-hybridized carbons (Fsp3) is 0.538. The van der Waals surface area contributed by atoms with Gasteiger partial charge in [0.05, 0.1) is 12.7 Å². The second-order valence-electron chi connectivity index (χ2n) is 4.79. The summed E-state index contributed by atoms with van der Waals surface area (Å²) < 4.78 is 33.1. The molecule has 1 aromatic carbocycles. The van der Waals surface area contributed by atoms with Crippen molar-refractivity contribution in [3.8, 4) is 0 Å². The van der Waals surface area contributed by atoms with E-state index in [1.165, 1.54) is 8.61 Å². The molecule has 1 aliphatic rings. The summed E-state index contributed by atoms with van der Waals surface area (Å²) >= 11 is 0. The highest BCUT2D eigenvalue weighted by Crippen LogP contribution is 2.15. The lowest BCUT2D eigenvalue weighted by atomic mass is 10.2. The van der Waals surface area contributed by atoms with Crippen LogP contribution in [0.15, 0.2) is 30.3 Å². The number of benzene rings is 1. The van der Waals surface area contributed by atoms with Crippen LogP contribution in [0.3, 0.4) is 0 Å². The van der Waals surface area contributed by atoms with Crippen LogP contribution in [0.25, 0.3) is 0 Å². The summed E-state index contributed by atoms with van der Waals surface area (Å²) in [5, 5.41) is 0. The fourth-order valence-electron chi connectivity index (χ4n) is 2.12. The first kappa shape index (κ1) is 14.5. The van der Waals surface area contributed by atoms with Crippen LogP contribution >= 0.6 is 0 Å². The van der Waals surface area contributed by atoms with Crippen molar-refractivity contribution in [1.82, 2.24) is 8.61 Å². The molecule has 0 N–H and O–H groups in total. The Hall–Kier alpha value is -0.950. The fourth-order valence-corrected chi connectivity index (χ4v) is 3.53. The van der Waals surface area contributed by atoms with Gasteiger partial charge in [0.2, 0.25) is 0 Å². The Morgan fingerprint density at radius 2 is 2.05 bits per heavy atom. The van der Waals surface area contributed by atoms with Crippen molar-refractivity contribution >= 4 is 10.2 Å². The van der Waals surface area contributed by atoms with Gasteiger partial charge in [-0.1, -0.05) is 30.3 Å². The summed E-state index contributed by atoms with van der Waals surface area (Å²) in [5.41, 5.74) is 0.981. The van der Waals surface area contributed by atoms with Crippen molar-refractivity contribution in [2.24, 2.45) is 0 Å². The first-order valence-corrected chi connectivity index (χ1v) is 7.77. The average molecular weight is 284 g/mol. The molecule has 1 aromatic rings. The van der Waals surface area contributed by atoms with Gasteiger partial charge in [-0.3, -0.25) is 0 Å². The molecular formula is C13H20N2O3S. The number of nitrogens with zero attached hydrogens (tertiary/aromatic N) is 2. The highest BCUT2D eigenvalue weighted by atomic mass is 32.2. The Bertz CT molecular complexity index is 504. The molecule has 2 rings (SSSR count). The van der Waals surface area contributed by atoms with Gasteiger partial charge in [0, 0.05) is 26.7 Å². The number of ether oxygens (including phenoxy) is 1. The Labute approximate surface area is 115 Å². The van der Waals surface area contributed by atoms with Gasteiger partial charge in [-0.25, -0.2) is 0 Å². The van der Waals surface area contributed by atoms with Crippen LogP contribution in [-0.2, 0) is 21.5 Å². The minimum Gasteiger partial charge on any atom is -0.376 e. The monoisotopic (exact) mass is 284 g/mol. The third-order valence-electron chi connectivity index (χ3n) is 3.17. The maximum Gasteiger partial charge on any atom is 0.282 e. The van der Waals surface area contributed by atoms with E-state index in [1.807, 2.05) is 37.3 Å². The smallest absolute Gasteiger partial charge is 0.282 e. The minimum absolute atomic E-state index is 0.0475. The normalized spacial score (nSPS) is 21.7. The van der Waals surface area contributed by atoms with E-state index in [4.69, 9.17) is 4.74 Å². The van der Waals surface area contributed by atoms with Crippen molar-refractivity contribution in [2.45, 2.75) is 19.6 Å². The summed E-state index contributed by atoms with van der Waals surface area (Å²) in [4.78, 5) is 0. The van der Waals surface area contributed by atoms with Crippen molar-refractivity contribution in [2.75, 3.05) is 26.7 Å². The highest BCUT2D eigenvalue weighted by Gasteiger charge is 2.30. The van der Waals surface area contributed by atoms with Gasteiger partial charge >= 0.3 is 0 Å². The standard InChI is InChI=1S/C13H20N2O3S/c1-12-10-15(8-9-18-12)19(16,17)14(2)11-13-6-4-3-5-7-13/h3-7,12H,8-11H2,1-2H3. The molecule has 0 saturated carbocycles. The Morgan fingerprint density at radius 3 is 2.68 bits per heavy atom. The van der Waals surface area contributed by atoms with Crippen molar-refractivity contribution < 1.29 is 13.2 Å². The summed E-state index contributed by atoms with van der Waals surface area (Å²) in [6.07, 6.45) is -0.0475. The van der Waals surface area contributed by atoms with Gasteiger partial charge in [0.1, 0.15) is 0 Å². The van der Waals surface area contributed by atoms with Gasteiger partial charge in [0.25, 0.3) is 10.2 Å². The van der Waals surface area contributed by atoms with E-state index in [1.54, 1.807) is 7.05 Å². The van der Waals surface area contributed by atoms with Crippen LogP contribution in [0.5, 0.6) is 0 Å². The molecule has 1 fully saturated rings. The van der Waals surface area contributed by atoms with Crippen molar-refractivity contribution in [3.63, 3.8) is 0 Å². The van der Waals surface area contributed by atoms with Crippen LogP contribution in [0.2, 0.25) is 0 Å². The lowest BCUT2D eigenvalue weighted by Gasteiger charge is -2.33. The molecule has 19 heavy (non-hydrogen) atoms. The Morgan fingerprint density at radius 1 is 1.37 bits per heavy atom. The largest absolute Gasteiger partial charge is 0.376 e. The molecule has 0 aliphatic carbocycles. The van der Waals surface area contributed by atoms with Gasteiger partial charge < -0.3 is 4.74 Å². The lowest BCUT2D eigenvalue weighted by molar-refractivity contribution is 0.00846. The van der Waals surface area contributed by atoms with E-state index in [9.17, 15) is 8.42 Å². The molecule has 0 radical (unpaired) electrons. The second kappa shape index (κ2) is 6.00. The van der Waals surface area contributed by atoms with E-state index >= 15 is 0 Å². The minimum atomic E-state index is -3.41. The topological polar surface area (TPSA) is 49.9 Å². The van der Waals surface area contributed by atoms with E-state index in [2.05, 4.69) is 0 Å². The molecule has 1 unspecified atom stereocenters. The molecule has 1 heterocycles. The number of rotatable bonds is 4. The zero-order valence-corrected chi connectivity index (χ0v) is 12.1. The first-order valence-electron chi connectivity index (χ1n) is 6.37. The summed E-state index contributed by atoms with van der Waals surface area (Å²) in [6, 6.07) is 9.59. The van der Waals surface area contributed by atoms with E-state index in [0.717, 1.165) is 5.56 Å². The predicted octanol–water partition coefficient (Wildman–Crippen LogP) is 1.08. The molecule has 1 aliphatic heterocycles. The first-order chi connectivity index (χ1) is 9.00. The summed E-state index contributed by atoms with van der Waals surface area (Å²) in [5.74, 6) is 0. The van der Waals surface area contributed by atoms with Crippen LogP contribution in [-0.4, -0.2) is 49.9 Å². The molecule has 0 amide bonds. The van der Waals surface area contributed by atoms with E-state index in [-0.39, 0.29) is 6.10 Å². The van der Waals surface area contributed by atoms with Crippen LogP contribution in [0.1, 0.15) is 12.5 Å². The SMILES string of the molecule is CC1CN(S(=O)(=O)N(C)Cc2ccccc2)CCO1. The van der Waals surface area contributed by atoms with E-state index in [0.29, 0.717) is 26.2 Å². The van der Waals surface area contributed by atoms with E-state index < -0.39 is 10.2 Å². The molecule has 0 aromatic heterocycles. The summed E-state index contributed by atoms with van der Waals surface area (Å²) in [7, 11) is -1.79. The van der Waals surface area contributed by atoms with Gasteiger partial charge in [-0.2, -0.15) is 17.0 Å². The maximum atomic E-state index is 12.4. The van der Waals surface area contributed by atoms with Crippen molar-refractivity contribution in [1.29, 1.82) is 0 Å². The zero-order chi connectivity index (χ0) is 13.9. The third kappa shape index (κ3) is 3.54. The number of hydrogen-bond acceptors (Lipinski definition) is 3. The predicted molar refractivity (Wildman–Crippen MR) is 73.8 cm³/mol. The molecule has 0 spiro atoms. The van der Waals surface area contributed by atoms with Gasteiger partial charge in [-0.15, -0.1) is 0 Å². The summed E-state index contributed by atoms with van der Waals surface area (Å²) in [6.45, 7) is 3.57.